The quantitative estimate of drug-likeness (QED) is 0.0958. The summed E-state index contributed by atoms with van der Waals surface area (Å²) in [7, 11) is -5.84. The van der Waals surface area contributed by atoms with Crippen LogP contribution >= 0.6 is 24.4 Å². The molecule has 2 N–H and O–H groups in total. The van der Waals surface area contributed by atoms with Crippen LogP contribution in [0.3, 0.4) is 0 Å². The van der Waals surface area contributed by atoms with E-state index in [1.54, 1.807) is 6.08 Å². The third-order valence-corrected chi connectivity index (χ3v) is 7.04. The van der Waals surface area contributed by atoms with E-state index >= 15 is 0 Å². The molecule has 6 nitrogen and oxygen atoms in total. The molecule has 1 heterocycles. The highest BCUT2D eigenvalue weighted by molar-refractivity contribution is 8.00. The van der Waals surface area contributed by atoms with Crippen LogP contribution < -0.4 is 0 Å². The number of carbonyl (C=O) groups is 2. The molecule has 218 valence electrons. The van der Waals surface area contributed by atoms with Crippen molar-refractivity contribution in [1.29, 1.82) is 0 Å². The SMILES string of the molecule is CCCC/C=C/C(=O)O.CCCCC1CC(=O)c2ccccc2S1.O=S(=O)(O)C(F)(F)F.Sc1ccccc1. The van der Waals surface area contributed by atoms with Crippen LogP contribution in [0.25, 0.3) is 0 Å². The van der Waals surface area contributed by atoms with Crippen LogP contribution in [0.5, 0.6) is 0 Å². The first-order valence-corrected chi connectivity index (χ1v) is 15.0. The van der Waals surface area contributed by atoms with Crippen LogP contribution in [0.2, 0.25) is 0 Å². The highest BCUT2D eigenvalue weighted by atomic mass is 32.2. The van der Waals surface area contributed by atoms with Crippen molar-refractivity contribution in [3.8, 4) is 0 Å². The van der Waals surface area contributed by atoms with Crippen molar-refractivity contribution >= 4 is 46.3 Å². The zero-order valence-electron chi connectivity index (χ0n) is 21.8. The Morgan fingerprint density at radius 1 is 1.05 bits per heavy atom. The Labute approximate surface area is 238 Å². The molecule has 1 unspecified atom stereocenters. The lowest BCUT2D eigenvalue weighted by atomic mass is 10.0. The lowest BCUT2D eigenvalue weighted by Crippen LogP contribution is -2.21. The van der Waals surface area contributed by atoms with Gasteiger partial charge in [0.25, 0.3) is 0 Å². The number of unbranched alkanes of at least 4 members (excludes halogenated alkanes) is 3. The first-order chi connectivity index (χ1) is 18.2. The molecule has 0 aliphatic carbocycles. The van der Waals surface area contributed by atoms with Gasteiger partial charge in [-0.2, -0.15) is 21.6 Å². The number of fused-ring (bicyclic) bond motifs is 1. The first-order valence-electron chi connectivity index (χ1n) is 12.2. The minimum Gasteiger partial charge on any atom is -0.478 e. The first kappa shape index (κ1) is 36.7. The average molecular weight is 609 g/mol. The van der Waals surface area contributed by atoms with Gasteiger partial charge < -0.3 is 5.11 Å². The van der Waals surface area contributed by atoms with Gasteiger partial charge in [0.1, 0.15) is 0 Å². The zero-order chi connectivity index (χ0) is 29.9. The number of aliphatic carboxylic acids is 1. The van der Waals surface area contributed by atoms with E-state index in [1.807, 2.05) is 60.3 Å². The van der Waals surface area contributed by atoms with Crippen molar-refractivity contribution in [2.24, 2.45) is 0 Å². The summed E-state index contributed by atoms with van der Waals surface area (Å²) >= 11 is 5.96. The van der Waals surface area contributed by atoms with Crippen LogP contribution in [-0.2, 0) is 14.9 Å². The lowest BCUT2D eigenvalue weighted by molar-refractivity contribution is -0.131. The van der Waals surface area contributed by atoms with E-state index in [4.69, 9.17) is 18.1 Å². The molecule has 2 aromatic carbocycles. The molecule has 3 rings (SSSR count). The molecule has 0 radical (unpaired) electrons. The van der Waals surface area contributed by atoms with Gasteiger partial charge in [-0.05, 0) is 31.0 Å². The number of rotatable bonds is 7. The molecule has 1 aliphatic rings. The fourth-order valence-electron chi connectivity index (χ4n) is 2.86. The smallest absolute Gasteiger partial charge is 0.478 e. The number of benzene rings is 2. The van der Waals surface area contributed by atoms with Crippen molar-refractivity contribution in [2.45, 2.75) is 79.3 Å². The van der Waals surface area contributed by atoms with E-state index in [2.05, 4.69) is 32.5 Å². The average Bonchev–Trinajstić information content (AvgIpc) is 2.86. The zero-order valence-corrected chi connectivity index (χ0v) is 24.3. The van der Waals surface area contributed by atoms with Crippen LogP contribution in [0.1, 0.15) is 69.2 Å². The van der Waals surface area contributed by atoms with Crippen molar-refractivity contribution < 1.29 is 40.8 Å². The van der Waals surface area contributed by atoms with E-state index in [-0.39, 0.29) is 0 Å². The number of halogens is 3. The number of thiol groups is 1. The summed E-state index contributed by atoms with van der Waals surface area (Å²) in [5, 5.41) is 8.63. The van der Waals surface area contributed by atoms with E-state index in [9.17, 15) is 22.8 Å². The summed E-state index contributed by atoms with van der Waals surface area (Å²) in [6.07, 6.45) is 10.3. The number of carboxylic acids is 1. The summed E-state index contributed by atoms with van der Waals surface area (Å²) in [5.41, 5.74) is -4.61. The van der Waals surface area contributed by atoms with Gasteiger partial charge in [-0.3, -0.25) is 9.35 Å². The van der Waals surface area contributed by atoms with E-state index < -0.39 is 21.6 Å². The van der Waals surface area contributed by atoms with Gasteiger partial charge in [0.15, 0.2) is 5.78 Å². The summed E-state index contributed by atoms with van der Waals surface area (Å²) < 4.78 is 57.5. The van der Waals surface area contributed by atoms with Gasteiger partial charge in [0, 0.05) is 33.1 Å². The molecule has 12 heteroatoms. The molecule has 0 aromatic heterocycles. The van der Waals surface area contributed by atoms with Crippen molar-refractivity contribution in [1.82, 2.24) is 0 Å². The largest absolute Gasteiger partial charge is 0.522 e. The normalized spacial score (nSPS) is 14.5. The van der Waals surface area contributed by atoms with Gasteiger partial charge in [0.05, 0.1) is 0 Å². The fourth-order valence-corrected chi connectivity index (χ4v) is 4.38. The monoisotopic (exact) mass is 608 g/mol. The Bertz CT molecular complexity index is 1120. The van der Waals surface area contributed by atoms with Gasteiger partial charge >= 0.3 is 21.6 Å². The molecule has 39 heavy (non-hydrogen) atoms. The number of carbonyl (C=O) groups excluding carboxylic acids is 1. The second-order valence-electron chi connectivity index (χ2n) is 8.14. The number of hydrogen-bond donors (Lipinski definition) is 3. The Balaban J connectivity index is 0.000000524. The summed E-state index contributed by atoms with van der Waals surface area (Å²) in [5.74, 6) is -0.531. The predicted octanol–water partition coefficient (Wildman–Crippen LogP) is 8.11. The summed E-state index contributed by atoms with van der Waals surface area (Å²) in [6.45, 7) is 4.28. The molecule has 0 saturated heterocycles. The number of thioether (sulfide) groups is 1. The Hall–Kier alpha value is -2.28. The predicted molar refractivity (Wildman–Crippen MR) is 152 cm³/mol. The molecular formula is C27H35F3O6S3. The molecule has 0 saturated carbocycles. The highest BCUT2D eigenvalue weighted by Crippen LogP contribution is 2.37. The second-order valence-corrected chi connectivity index (χ2v) is 11.4. The molecular weight excluding hydrogens is 573 g/mol. The molecule has 1 aliphatic heterocycles. The Morgan fingerprint density at radius 3 is 2.05 bits per heavy atom. The van der Waals surface area contributed by atoms with Crippen molar-refractivity contribution in [2.75, 3.05) is 0 Å². The molecule has 0 fully saturated rings. The maximum absolute atomic E-state index is 11.8. The summed E-state index contributed by atoms with van der Waals surface area (Å²) in [4.78, 5) is 23.9. The van der Waals surface area contributed by atoms with Gasteiger partial charge in [0.2, 0.25) is 0 Å². The van der Waals surface area contributed by atoms with Gasteiger partial charge in [-0.15, -0.1) is 24.4 Å². The third kappa shape index (κ3) is 17.8. The second kappa shape index (κ2) is 19.7. The van der Waals surface area contributed by atoms with E-state index in [1.165, 1.54) is 30.2 Å². The molecule has 0 spiro atoms. The number of allylic oxidation sites excluding steroid dienone is 1. The minimum absolute atomic E-state index is 0.324. The summed E-state index contributed by atoms with van der Waals surface area (Å²) in [6, 6.07) is 17.8. The molecule has 2 aromatic rings. The number of alkyl halides is 3. The van der Waals surface area contributed by atoms with Crippen LogP contribution in [0.4, 0.5) is 13.2 Å². The van der Waals surface area contributed by atoms with Crippen LogP contribution in [0.15, 0.2) is 76.5 Å². The molecule has 0 bridgehead atoms. The van der Waals surface area contributed by atoms with Crippen LogP contribution in [0, 0.1) is 0 Å². The molecule has 1 atom stereocenters. The highest BCUT2D eigenvalue weighted by Gasteiger charge is 2.44. The van der Waals surface area contributed by atoms with E-state index in [0.29, 0.717) is 11.0 Å². The standard InChI is InChI=1S/C13H16OS.C7H12O2.C6H6S.CHF3O3S/c1-2-3-6-10-9-12(14)11-7-4-5-8-13(11)15-10;1-2-3-4-5-6-7(8)9;7-6-4-2-1-3-5-6;2-1(3,4)8(5,6)7/h4-5,7-8,10H,2-3,6,9H2,1H3;5-6H,2-4H2,1H3,(H,8,9);1-5,7H;(H,5,6,7)/b;6-5+;;. The Morgan fingerprint density at radius 2 is 1.59 bits per heavy atom. The lowest BCUT2D eigenvalue weighted by Gasteiger charge is -2.22. The minimum atomic E-state index is -5.84. The van der Waals surface area contributed by atoms with Crippen LogP contribution in [-0.4, -0.2) is 40.6 Å². The topological polar surface area (TPSA) is 109 Å². The maximum Gasteiger partial charge on any atom is 0.522 e. The number of carboxylic acid groups (broad SMARTS) is 1. The number of ketones is 1. The third-order valence-electron chi connectivity index (χ3n) is 4.81. The maximum atomic E-state index is 11.8. The van der Waals surface area contributed by atoms with Crippen molar-refractivity contribution in [3.05, 3.63) is 72.3 Å². The van der Waals surface area contributed by atoms with E-state index in [0.717, 1.165) is 36.1 Å². The fraction of sp³-hybridized carbons (Fsp3) is 0.407. The van der Waals surface area contributed by atoms with Gasteiger partial charge in [-0.1, -0.05) is 82.0 Å². The Kier molecular flexibility index (Phi) is 18.6. The van der Waals surface area contributed by atoms with Gasteiger partial charge in [-0.25, -0.2) is 4.79 Å². The molecule has 0 amide bonds. The number of hydrogen-bond acceptors (Lipinski definition) is 6. The van der Waals surface area contributed by atoms with Crippen molar-refractivity contribution in [3.63, 3.8) is 0 Å². The number of Topliss-reactive ketones (excluding diaryl/α,β-unsaturated/α-hetero) is 1.